The average Bonchev–Trinajstić information content (AvgIpc) is 2.54. The Hall–Kier alpha value is -2.11. The molecule has 0 saturated carbocycles. The van der Waals surface area contributed by atoms with Crippen molar-refractivity contribution in [1.29, 1.82) is 0 Å². The van der Waals surface area contributed by atoms with E-state index < -0.39 is 0 Å². The van der Waals surface area contributed by atoms with Gasteiger partial charge in [0.1, 0.15) is 0 Å². The highest BCUT2D eigenvalue weighted by Gasteiger charge is 2.24. The standard InChI is InChI=1S/C16H24N2O4/c1-11-7-5-6-8-18(11)16(19)17-12-9-13(20-2)15(22-4)14(10-12)21-3/h9-11H,5-8H2,1-4H3,(H,17,19)/t11-/m1/s1. The zero-order valence-electron chi connectivity index (χ0n) is 13.6. The minimum absolute atomic E-state index is 0.0959. The highest BCUT2D eigenvalue weighted by Crippen LogP contribution is 2.40. The molecule has 122 valence electrons. The summed E-state index contributed by atoms with van der Waals surface area (Å²) in [5.74, 6) is 1.54. The number of urea groups is 1. The van der Waals surface area contributed by atoms with Crippen LogP contribution in [-0.4, -0.2) is 44.8 Å². The maximum atomic E-state index is 12.4. The zero-order chi connectivity index (χ0) is 16.1. The van der Waals surface area contributed by atoms with Crippen molar-refractivity contribution in [3.63, 3.8) is 0 Å². The molecule has 0 radical (unpaired) electrons. The number of piperidine rings is 1. The van der Waals surface area contributed by atoms with Crippen molar-refractivity contribution in [2.24, 2.45) is 0 Å². The molecule has 1 heterocycles. The van der Waals surface area contributed by atoms with Crippen LogP contribution in [0.5, 0.6) is 17.2 Å². The first-order valence-electron chi connectivity index (χ1n) is 7.48. The Labute approximate surface area is 131 Å². The van der Waals surface area contributed by atoms with Crippen LogP contribution in [0.1, 0.15) is 26.2 Å². The number of carbonyl (C=O) groups is 1. The highest BCUT2D eigenvalue weighted by atomic mass is 16.5. The van der Waals surface area contributed by atoms with E-state index in [1.54, 1.807) is 33.5 Å². The number of ether oxygens (including phenoxy) is 3. The van der Waals surface area contributed by atoms with Gasteiger partial charge in [-0.3, -0.25) is 0 Å². The molecule has 1 fully saturated rings. The van der Waals surface area contributed by atoms with Crippen LogP contribution in [0.15, 0.2) is 12.1 Å². The first kappa shape index (κ1) is 16.3. The van der Waals surface area contributed by atoms with Crippen molar-refractivity contribution in [3.8, 4) is 17.2 Å². The van der Waals surface area contributed by atoms with Gasteiger partial charge in [-0.2, -0.15) is 0 Å². The second-order valence-electron chi connectivity index (χ2n) is 5.38. The lowest BCUT2D eigenvalue weighted by atomic mass is 10.0. The zero-order valence-corrected chi connectivity index (χ0v) is 13.6. The van der Waals surface area contributed by atoms with Gasteiger partial charge < -0.3 is 24.4 Å². The van der Waals surface area contributed by atoms with E-state index in [9.17, 15) is 4.79 Å². The Morgan fingerprint density at radius 3 is 2.27 bits per heavy atom. The number of nitrogens with one attached hydrogen (secondary N) is 1. The molecule has 0 aromatic heterocycles. The third-order valence-corrected chi connectivity index (χ3v) is 3.98. The van der Waals surface area contributed by atoms with E-state index in [1.807, 2.05) is 4.90 Å². The lowest BCUT2D eigenvalue weighted by molar-refractivity contribution is 0.170. The Balaban J connectivity index is 2.20. The molecular weight excluding hydrogens is 284 g/mol. The molecule has 0 unspecified atom stereocenters. The highest BCUT2D eigenvalue weighted by molar-refractivity contribution is 5.90. The van der Waals surface area contributed by atoms with Gasteiger partial charge in [-0.1, -0.05) is 0 Å². The van der Waals surface area contributed by atoms with E-state index in [-0.39, 0.29) is 12.1 Å². The fourth-order valence-electron chi connectivity index (χ4n) is 2.75. The van der Waals surface area contributed by atoms with Gasteiger partial charge in [0.2, 0.25) is 5.75 Å². The van der Waals surface area contributed by atoms with Gasteiger partial charge >= 0.3 is 6.03 Å². The maximum Gasteiger partial charge on any atom is 0.322 e. The van der Waals surface area contributed by atoms with E-state index in [0.717, 1.165) is 19.4 Å². The van der Waals surface area contributed by atoms with Gasteiger partial charge in [0.05, 0.1) is 27.0 Å². The molecule has 1 N–H and O–H groups in total. The maximum absolute atomic E-state index is 12.4. The minimum atomic E-state index is -0.0959. The first-order valence-corrected chi connectivity index (χ1v) is 7.48. The monoisotopic (exact) mass is 308 g/mol. The molecule has 1 atom stereocenters. The van der Waals surface area contributed by atoms with Crippen LogP contribution >= 0.6 is 0 Å². The molecule has 1 aliphatic rings. The lowest BCUT2D eigenvalue weighted by Crippen LogP contribution is -2.44. The van der Waals surface area contributed by atoms with Crippen molar-refractivity contribution in [2.75, 3.05) is 33.2 Å². The van der Waals surface area contributed by atoms with E-state index in [0.29, 0.717) is 22.9 Å². The summed E-state index contributed by atoms with van der Waals surface area (Å²) in [5, 5.41) is 2.91. The number of anilines is 1. The quantitative estimate of drug-likeness (QED) is 0.928. The summed E-state index contributed by atoms with van der Waals surface area (Å²) in [6.07, 6.45) is 3.27. The Bertz CT molecular complexity index is 508. The van der Waals surface area contributed by atoms with E-state index in [1.165, 1.54) is 6.42 Å². The van der Waals surface area contributed by atoms with Gasteiger partial charge in [-0.25, -0.2) is 4.79 Å². The second-order valence-corrected chi connectivity index (χ2v) is 5.38. The summed E-state index contributed by atoms with van der Waals surface area (Å²) in [6.45, 7) is 2.87. The van der Waals surface area contributed by atoms with Crippen molar-refractivity contribution in [1.82, 2.24) is 4.90 Å². The predicted molar refractivity (Wildman–Crippen MR) is 85.1 cm³/mol. The smallest absolute Gasteiger partial charge is 0.322 e. The number of methoxy groups -OCH3 is 3. The number of benzene rings is 1. The van der Waals surface area contributed by atoms with Gasteiger partial charge in [-0.05, 0) is 26.2 Å². The molecule has 6 heteroatoms. The normalized spacial score (nSPS) is 17.8. The number of amides is 2. The minimum Gasteiger partial charge on any atom is -0.493 e. The van der Waals surface area contributed by atoms with E-state index in [2.05, 4.69) is 12.2 Å². The third-order valence-electron chi connectivity index (χ3n) is 3.98. The van der Waals surface area contributed by atoms with Crippen molar-refractivity contribution < 1.29 is 19.0 Å². The number of carbonyl (C=O) groups excluding carboxylic acids is 1. The molecule has 1 aromatic rings. The molecule has 0 spiro atoms. The molecule has 1 aliphatic heterocycles. The summed E-state index contributed by atoms with van der Waals surface area (Å²) in [6, 6.07) is 3.62. The summed E-state index contributed by atoms with van der Waals surface area (Å²) >= 11 is 0. The number of nitrogens with zero attached hydrogens (tertiary/aromatic N) is 1. The molecular formula is C16H24N2O4. The van der Waals surface area contributed by atoms with Crippen LogP contribution in [0, 0.1) is 0 Å². The Kier molecular flexibility index (Phi) is 5.35. The van der Waals surface area contributed by atoms with Crippen molar-refractivity contribution in [2.45, 2.75) is 32.2 Å². The van der Waals surface area contributed by atoms with Crippen LogP contribution < -0.4 is 19.5 Å². The van der Waals surface area contributed by atoms with Gasteiger partial charge in [0.25, 0.3) is 0 Å². The van der Waals surface area contributed by atoms with Crippen molar-refractivity contribution in [3.05, 3.63) is 12.1 Å². The molecule has 0 bridgehead atoms. The third kappa shape index (κ3) is 3.37. The van der Waals surface area contributed by atoms with Crippen LogP contribution in [-0.2, 0) is 0 Å². The molecule has 0 aliphatic carbocycles. The molecule has 1 saturated heterocycles. The molecule has 2 rings (SSSR count). The fraction of sp³-hybridized carbons (Fsp3) is 0.562. The molecule has 1 aromatic carbocycles. The largest absolute Gasteiger partial charge is 0.493 e. The number of hydrogen-bond donors (Lipinski definition) is 1. The molecule has 2 amide bonds. The lowest BCUT2D eigenvalue weighted by Gasteiger charge is -2.33. The van der Waals surface area contributed by atoms with Gasteiger partial charge in [0.15, 0.2) is 11.5 Å². The van der Waals surface area contributed by atoms with Crippen LogP contribution in [0.25, 0.3) is 0 Å². The second kappa shape index (κ2) is 7.24. The average molecular weight is 308 g/mol. The van der Waals surface area contributed by atoms with Crippen molar-refractivity contribution >= 4 is 11.7 Å². The Morgan fingerprint density at radius 1 is 1.14 bits per heavy atom. The number of likely N-dealkylation sites (tertiary alicyclic amines) is 1. The SMILES string of the molecule is COc1cc(NC(=O)N2CCCC[C@H]2C)cc(OC)c1OC. The predicted octanol–water partition coefficient (Wildman–Crippen LogP) is 3.12. The molecule has 6 nitrogen and oxygen atoms in total. The van der Waals surface area contributed by atoms with E-state index >= 15 is 0 Å². The first-order chi connectivity index (χ1) is 10.6. The summed E-state index contributed by atoms with van der Waals surface area (Å²) < 4.78 is 15.9. The van der Waals surface area contributed by atoms with E-state index in [4.69, 9.17) is 14.2 Å². The summed E-state index contributed by atoms with van der Waals surface area (Å²) in [7, 11) is 4.65. The molecule has 22 heavy (non-hydrogen) atoms. The Morgan fingerprint density at radius 2 is 1.77 bits per heavy atom. The number of rotatable bonds is 4. The summed E-state index contributed by atoms with van der Waals surface area (Å²) in [4.78, 5) is 14.3. The van der Waals surface area contributed by atoms with Gasteiger partial charge in [-0.15, -0.1) is 0 Å². The fourth-order valence-corrected chi connectivity index (χ4v) is 2.75. The van der Waals surface area contributed by atoms with Gasteiger partial charge in [0, 0.05) is 24.7 Å². The summed E-state index contributed by atoms with van der Waals surface area (Å²) in [5.41, 5.74) is 0.622. The van der Waals surface area contributed by atoms with Crippen LogP contribution in [0.2, 0.25) is 0 Å². The van der Waals surface area contributed by atoms with Crippen LogP contribution in [0.4, 0.5) is 10.5 Å². The number of hydrogen-bond acceptors (Lipinski definition) is 4. The van der Waals surface area contributed by atoms with Crippen LogP contribution in [0.3, 0.4) is 0 Å². The topological polar surface area (TPSA) is 60.0 Å².